The third-order valence-corrected chi connectivity index (χ3v) is 7.83. The van der Waals surface area contributed by atoms with Crippen LogP contribution in [0, 0.1) is 0 Å². The predicted octanol–water partition coefficient (Wildman–Crippen LogP) is 5.71. The molecular formula is C16H20BrO3P. The molecule has 1 fully saturated rings. The molecule has 5 heteroatoms. The zero-order valence-electron chi connectivity index (χ0n) is 12.2. The Hall–Kier alpha value is -0.410. The molecule has 0 radical (unpaired) electrons. The molecule has 1 heterocycles. The maximum atomic E-state index is 13.3. The van der Waals surface area contributed by atoms with E-state index in [1.165, 1.54) is 6.42 Å². The largest absolute Gasteiger partial charge is 0.363 e. The van der Waals surface area contributed by atoms with Crippen molar-refractivity contribution in [1.82, 2.24) is 0 Å². The van der Waals surface area contributed by atoms with E-state index in [1.807, 2.05) is 37.3 Å². The molecule has 1 aliphatic carbocycles. The van der Waals surface area contributed by atoms with Crippen molar-refractivity contribution in [1.29, 1.82) is 0 Å². The molecule has 1 aromatic carbocycles. The zero-order valence-corrected chi connectivity index (χ0v) is 14.7. The minimum Gasteiger partial charge on any atom is -0.305 e. The molecule has 0 amide bonds. The van der Waals surface area contributed by atoms with Gasteiger partial charge in [-0.2, -0.15) is 0 Å². The first-order valence-corrected chi connectivity index (χ1v) is 9.86. The van der Waals surface area contributed by atoms with Crippen molar-refractivity contribution in [2.45, 2.75) is 44.6 Å². The first-order valence-electron chi connectivity index (χ1n) is 7.53. The summed E-state index contributed by atoms with van der Waals surface area (Å²) in [5.41, 5.74) is 0.470. The maximum absolute atomic E-state index is 13.3. The van der Waals surface area contributed by atoms with Gasteiger partial charge in [0.1, 0.15) is 5.60 Å². The van der Waals surface area contributed by atoms with E-state index in [9.17, 15) is 4.57 Å². The molecule has 1 unspecified atom stereocenters. The van der Waals surface area contributed by atoms with Gasteiger partial charge in [0.2, 0.25) is 0 Å². The number of hydrogen-bond donors (Lipinski definition) is 0. The lowest BCUT2D eigenvalue weighted by Crippen LogP contribution is -2.31. The zero-order chi connectivity index (χ0) is 14.9. The molecule has 2 aliphatic rings. The van der Waals surface area contributed by atoms with Gasteiger partial charge in [-0.1, -0.05) is 65.5 Å². The predicted molar refractivity (Wildman–Crippen MR) is 88.4 cm³/mol. The summed E-state index contributed by atoms with van der Waals surface area (Å²) in [6.45, 7) is 2.23. The lowest BCUT2D eigenvalue weighted by molar-refractivity contribution is 0.0661. The second-order valence-electron chi connectivity index (χ2n) is 5.59. The fraction of sp³-hybridized carbons (Fsp3) is 0.500. The highest BCUT2D eigenvalue weighted by Gasteiger charge is 2.53. The van der Waals surface area contributed by atoms with Crippen molar-refractivity contribution >= 4 is 28.8 Å². The van der Waals surface area contributed by atoms with Crippen LogP contribution in [-0.2, 0) is 13.6 Å². The molecule has 114 valence electrons. The minimum absolute atomic E-state index is 0.379. The summed E-state index contributed by atoms with van der Waals surface area (Å²) in [5.74, 6) is 0. The van der Waals surface area contributed by atoms with Crippen molar-refractivity contribution in [2.24, 2.45) is 0 Å². The average molecular weight is 371 g/mol. The molecule has 3 rings (SSSR count). The van der Waals surface area contributed by atoms with Gasteiger partial charge >= 0.3 is 7.60 Å². The van der Waals surface area contributed by atoms with Gasteiger partial charge in [0, 0.05) is 4.48 Å². The number of hydrogen-bond acceptors (Lipinski definition) is 3. The van der Waals surface area contributed by atoms with E-state index in [1.54, 1.807) is 0 Å². The lowest BCUT2D eigenvalue weighted by Gasteiger charge is -2.33. The van der Waals surface area contributed by atoms with Gasteiger partial charge in [-0.25, -0.2) is 0 Å². The van der Waals surface area contributed by atoms with Crippen molar-refractivity contribution < 1.29 is 13.6 Å². The lowest BCUT2D eigenvalue weighted by atomic mass is 9.84. The highest BCUT2D eigenvalue weighted by Crippen LogP contribution is 2.73. The fourth-order valence-corrected chi connectivity index (χ4v) is 6.97. The Balaban J connectivity index is 2.11. The Morgan fingerprint density at radius 3 is 2.52 bits per heavy atom. The maximum Gasteiger partial charge on any atom is 0.363 e. The highest BCUT2D eigenvalue weighted by molar-refractivity contribution is 9.12. The van der Waals surface area contributed by atoms with Crippen LogP contribution in [0.25, 0.3) is 5.31 Å². The molecule has 21 heavy (non-hydrogen) atoms. The number of benzene rings is 1. The van der Waals surface area contributed by atoms with Crippen LogP contribution in [0.3, 0.4) is 0 Å². The summed E-state index contributed by atoms with van der Waals surface area (Å²) < 4.78 is 25.9. The van der Waals surface area contributed by atoms with Crippen LogP contribution in [0.15, 0.2) is 34.8 Å². The smallest absolute Gasteiger partial charge is 0.305 e. The second-order valence-corrected chi connectivity index (χ2v) is 8.27. The van der Waals surface area contributed by atoms with Crippen LogP contribution < -0.4 is 0 Å². The van der Waals surface area contributed by atoms with Gasteiger partial charge in [-0.3, -0.25) is 9.09 Å². The summed E-state index contributed by atoms with van der Waals surface area (Å²) in [7, 11) is -3.26. The minimum atomic E-state index is -3.26. The van der Waals surface area contributed by atoms with Crippen LogP contribution in [0.2, 0.25) is 0 Å². The monoisotopic (exact) mass is 370 g/mol. The summed E-state index contributed by atoms with van der Waals surface area (Å²) in [6.07, 6.45) is 5.22. The van der Waals surface area contributed by atoms with E-state index in [4.69, 9.17) is 9.05 Å². The van der Waals surface area contributed by atoms with Crippen molar-refractivity contribution in [2.75, 3.05) is 6.61 Å². The summed E-state index contributed by atoms with van der Waals surface area (Å²) in [4.78, 5) is 0. The van der Waals surface area contributed by atoms with Gasteiger partial charge in [-0.15, -0.1) is 0 Å². The normalized spacial score (nSPS) is 28.3. The number of rotatable bonds is 3. The third-order valence-electron chi connectivity index (χ3n) is 4.18. The molecule has 1 spiro atoms. The Morgan fingerprint density at radius 2 is 1.90 bits per heavy atom. The van der Waals surface area contributed by atoms with Crippen LogP contribution in [0.1, 0.15) is 44.6 Å². The first-order chi connectivity index (χ1) is 10.1. The number of halogens is 1. The Morgan fingerprint density at radius 1 is 1.24 bits per heavy atom. The Bertz CT molecular complexity index is 591. The standard InChI is InChI=1S/C16H20BrO3P/c1-2-19-21(18)14(13-9-5-3-6-10-13)15(17)16(20-21)11-7-4-8-12-16/h3,5-6,9-10H,2,4,7-8,11-12H2,1H3. The van der Waals surface area contributed by atoms with Gasteiger partial charge in [0.15, 0.2) is 0 Å². The fourth-order valence-electron chi connectivity index (χ4n) is 3.23. The van der Waals surface area contributed by atoms with E-state index >= 15 is 0 Å². The van der Waals surface area contributed by atoms with Crippen molar-refractivity contribution in [3.05, 3.63) is 40.4 Å². The first kappa shape index (κ1) is 15.5. The molecule has 0 bridgehead atoms. The van der Waals surface area contributed by atoms with Crippen LogP contribution in [-0.4, -0.2) is 12.2 Å². The molecule has 1 atom stereocenters. The highest BCUT2D eigenvalue weighted by atomic mass is 79.9. The quantitative estimate of drug-likeness (QED) is 0.638. The Labute approximate surface area is 134 Å². The van der Waals surface area contributed by atoms with Crippen LogP contribution in [0.5, 0.6) is 0 Å². The molecule has 1 aromatic rings. The van der Waals surface area contributed by atoms with E-state index in [2.05, 4.69) is 15.9 Å². The second kappa shape index (κ2) is 6.00. The van der Waals surface area contributed by atoms with Crippen LogP contribution >= 0.6 is 23.5 Å². The Kier molecular flexibility index (Phi) is 4.42. The van der Waals surface area contributed by atoms with Gasteiger partial charge in [0.05, 0.1) is 11.9 Å². The molecule has 0 aromatic heterocycles. The summed E-state index contributed by atoms with van der Waals surface area (Å²) in [5, 5.41) is 0.715. The van der Waals surface area contributed by atoms with Crippen molar-refractivity contribution in [3.8, 4) is 0 Å². The average Bonchev–Trinajstić information content (AvgIpc) is 2.69. The molecule has 1 aliphatic heterocycles. The van der Waals surface area contributed by atoms with E-state index in [0.717, 1.165) is 35.7 Å². The van der Waals surface area contributed by atoms with Gasteiger partial charge < -0.3 is 4.52 Å². The van der Waals surface area contributed by atoms with Crippen molar-refractivity contribution in [3.63, 3.8) is 0 Å². The third kappa shape index (κ3) is 2.68. The SMILES string of the molecule is CCOP1(=O)OC2(CCCCC2)C(Br)=C1c1ccccc1. The van der Waals surface area contributed by atoms with E-state index in [-0.39, 0.29) is 0 Å². The molecule has 0 N–H and O–H groups in total. The molecule has 3 nitrogen and oxygen atoms in total. The summed E-state index contributed by atoms with van der Waals surface area (Å²) >= 11 is 3.71. The topological polar surface area (TPSA) is 35.5 Å². The summed E-state index contributed by atoms with van der Waals surface area (Å²) in [6, 6.07) is 9.78. The van der Waals surface area contributed by atoms with Gasteiger partial charge in [0.25, 0.3) is 0 Å². The molecular weight excluding hydrogens is 351 g/mol. The van der Waals surface area contributed by atoms with E-state index in [0.29, 0.717) is 11.9 Å². The van der Waals surface area contributed by atoms with Gasteiger partial charge in [-0.05, 0) is 25.3 Å². The van der Waals surface area contributed by atoms with Crippen LogP contribution in [0.4, 0.5) is 0 Å². The van der Waals surface area contributed by atoms with E-state index < -0.39 is 13.2 Å². The molecule has 1 saturated carbocycles. The molecule has 0 saturated heterocycles.